The lowest BCUT2D eigenvalue weighted by molar-refractivity contribution is -0.384. The van der Waals surface area contributed by atoms with Gasteiger partial charge in [-0.2, -0.15) is 5.10 Å². The number of nitro benzene ring substituents is 1. The van der Waals surface area contributed by atoms with E-state index in [2.05, 4.69) is 10.5 Å². The Morgan fingerprint density at radius 2 is 1.95 bits per heavy atom. The number of phenolic OH excluding ortho intramolecular Hbond substituents is 1. The summed E-state index contributed by atoms with van der Waals surface area (Å²) in [5, 5.41) is 23.5. The van der Waals surface area contributed by atoms with Gasteiger partial charge in [0, 0.05) is 23.3 Å². The van der Waals surface area contributed by atoms with E-state index < -0.39 is 10.8 Å². The van der Waals surface area contributed by atoms with Crippen molar-refractivity contribution in [3.63, 3.8) is 0 Å². The first-order valence-corrected chi connectivity index (χ1v) is 5.93. The zero-order valence-corrected chi connectivity index (χ0v) is 10.8. The Morgan fingerprint density at radius 1 is 1.24 bits per heavy atom. The summed E-state index contributed by atoms with van der Waals surface area (Å²) in [5.74, 6) is -0.386. The highest BCUT2D eigenvalue weighted by Crippen LogP contribution is 2.11. The topological polar surface area (TPSA) is 105 Å². The van der Waals surface area contributed by atoms with Gasteiger partial charge in [0.1, 0.15) is 5.75 Å². The number of hydrogen-bond acceptors (Lipinski definition) is 5. The molecule has 0 radical (unpaired) electrons. The highest BCUT2D eigenvalue weighted by molar-refractivity contribution is 5.95. The van der Waals surface area contributed by atoms with Crippen LogP contribution >= 0.6 is 0 Å². The molecule has 0 aliphatic heterocycles. The Balaban J connectivity index is 2.02. The highest BCUT2D eigenvalue weighted by Gasteiger charge is 2.05. The second-order valence-corrected chi connectivity index (χ2v) is 4.10. The molecule has 2 aromatic rings. The minimum absolute atomic E-state index is 0.0520. The van der Waals surface area contributed by atoms with Crippen molar-refractivity contribution >= 4 is 17.8 Å². The first-order valence-electron chi connectivity index (χ1n) is 5.93. The predicted octanol–water partition coefficient (Wildman–Crippen LogP) is 2.06. The number of nitrogens with zero attached hydrogens (tertiary/aromatic N) is 2. The van der Waals surface area contributed by atoms with Crippen LogP contribution in [0.4, 0.5) is 5.69 Å². The molecule has 2 N–H and O–H groups in total. The van der Waals surface area contributed by atoms with Crippen LogP contribution in [0.5, 0.6) is 5.75 Å². The number of carbonyl (C=O) groups is 1. The van der Waals surface area contributed by atoms with E-state index in [1.54, 1.807) is 6.07 Å². The molecule has 7 heteroatoms. The average Bonchev–Trinajstić information content (AvgIpc) is 2.48. The van der Waals surface area contributed by atoms with Gasteiger partial charge in [-0.15, -0.1) is 0 Å². The molecule has 21 heavy (non-hydrogen) atoms. The minimum Gasteiger partial charge on any atom is -0.508 e. The average molecular weight is 285 g/mol. The molecule has 0 aliphatic carbocycles. The molecular weight excluding hydrogens is 274 g/mol. The van der Waals surface area contributed by atoms with Gasteiger partial charge in [-0.1, -0.05) is 12.1 Å². The number of rotatable bonds is 4. The van der Waals surface area contributed by atoms with Crippen molar-refractivity contribution in [2.24, 2.45) is 5.10 Å². The molecule has 0 saturated heterocycles. The van der Waals surface area contributed by atoms with Crippen molar-refractivity contribution in [1.82, 2.24) is 5.43 Å². The lowest BCUT2D eigenvalue weighted by Crippen LogP contribution is -2.17. The van der Waals surface area contributed by atoms with E-state index in [4.69, 9.17) is 5.11 Å². The van der Waals surface area contributed by atoms with Crippen LogP contribution in [0.25, 0.3) is 0 Å². The third-order valence-corrected chi connectivity index (χ3v) is 2.59. The molecule has 0 aromatic heterocycles. The fraction of sp³-hybridized carbons (Fsp3) is 0. The van der Waals surface area contributed by atoms with Crippen molar-refractivity contribution in [2.75, 3.05) is 0 Å². The van der Waals surface area contributed by atoms with Crippen molar-refractivity contribution in [2.45, 2.75) is 0 Å². The van der Waals surface area contributed by atoms with Gasteiger partial charge in [-0.25, -0.2) is 5.43 Å². The van der Waals surface area contributed by atoms with Crippen molar-refractivity contribution in [3.8, 4) is 5.75 Å². The van der Waals surface area contributed by atoms with Gasteiger partial charge in [0.05, 0.1) is 11.1 Å². The number of nitrogens with one attached hydrogen (secondary N) is 1. The summed E-state index contributed by atoms with van der Waals surface area (Å²) in [6.45, 7) is 0. The van der Waals surface area contributed by atoms with E-state index in [-0.39, 0.29) is 11.4 Å². The van der Waals surface area contributed by atoms with Gasteiger partial charge in [0.2, 0.25) is 0 Å². The molecule has 0 saturated carbocycles. The molecule has 0 bridgehead atoms. The van der Waals surface area contributed by atoms with Crippen LogP contribution in [0.3, 0.4) is 0 Å². The summed E-state index contributed by atoms with van der Waals surface area (Å²) >= 11 is 0. The van der Waals surface area contributed by atoms with E-state index in [0.29, 0.717) is 11.1 Å². The molecule has 2 rings (SSSR count). The van der Waals surface area contributed by atoms with Gasteiger partial charge >= 0.3 is 0 Å². The lowest BCUT2D eigenvalue weighted by atomic mass is 10.2. The number of aromatic hydroxyl groups is 1. The fourth-order valence-electron chi connectivity index (χ4n) is 1.56. The Bertz CT molecular complexity index is 696. The van der Waals surface area contributed by atoms with E-state index >= 15 is 0 Å². The zero-order valence-electron chi connectivity index (χ0n) is 10.8. The summed E-state index contributed by atoms with van der Waals surface area (Å²) in [6.07, 6.45) is 1.31. The summed E-state index contributed by atoms with van der Waals surface area (Å²) < 4.78 is 0. The van der Waals surface area contributed by atoms with E-state index in [0.717, 1.165) is 0 Å². The third-order valence-electron chi connectivity index (χ3n) is 2.59. The number of phenols is 1. The number of hydrogen-bond donors (Lipinski definition) is 2. The molecule has 0 spiro atoms. The Kier molecular flexibility index (Phi) is 4.25. The van der Waals surface area contributed by atoms with Crippen molar-refractivity contribution < 1.29 is 14.8 Å². The molecule has 0 atom stereocenters. The SMILES string of the molecule is O=C(N/N=C\c1cccc([N+](=O)[O-])c1)c1ccc(O)cc1. The number of nitro groups is 1. The summed E-state index contributed by atoms with van der Waals surface area (Å²) in [7, 11) is 0. The number of non-ortho nitro benzene ring substituents is 1. The van der Waals surface area contributed by atoms with Crippen molar-refractivity contribution in [3.05, 3.63) is 69.8 Å². The van der Waals surface area contributed by atoms with Gasteiger partial charge < -0.3 is 5.11 Å². The molecule has 106 valence electrons. The van der Waals surface area contributed by atoms with Gasteiger partial charge in [0.15, 0.2) is 0 Å². The number of carbonyl (C=O) groups excluding carboxylic acids is 1. The first kappa shape index (κ1) is 14.2. The van der Waals surface area contributed by atoms with E-state index in [1.807, 2.05) is 0 Å². The molecule has 0 fully saturated rings. The van der Waals surface area contributed by atoms with Gasteiger partial charge in [-0.3, -0.25) is 14.9 Å². The summed E-state index contributed by atoms with van der Waals surface area (Å²) in [5.41, 5.74) is 3.08. The summed E-state index contributed by atoms with van der Waals surface area (Å²) in [4.78, 5) is 21.8. The number of amides is 1. The second kappa shape index (κ2) is 6.29. The molecule has 0 unspecified atom stereocenters. The van der Waals surface area contributed by atoms with Crippen LogP contribution in [0, 0.1) is 10.1 Å². The van der Waals surface area contributed by atoms with E-state index in [9.17, 15) is 14.9 Å². The maximum atomic E-state index is 11.7. The predicted molar refractivity (Wildman–Crippen MR) is 76.3 cm³/mol. The van der Waals surface area contributed by atoms with Crippen LogP contribution in [-0.4, -0.2) is 22.2 Å². The first-order chi connectivity index (χ1) is 10.1. The van der Waals surface area contributed by atoms with Crippen molar-refractivity contribution in [1.29, 1.82) is 0 Å². The van der Waals surface area contributed by atoms with Gasteiger partial charge in [-0.05, 0) is 24.3 Å². The van der Waals surface area contributed by atoms with Crippen LogP contribution in [0.15, 0.2) is 53.6 Å². The summed E-state index contributed by atoms with van der Waals surface area (Å²) in [6, 6.07) is 11.5. The molecule has 2 aromatic carbocycles. The lowest BCUT2D eigenvalue weighted by Gasteiger charge is -1.99. The standard InChI is InChI=1S/C14H11N3O4/c18-13-6-4-11(5-7-13)14(19)16-15-9-10-2-1-3-12(8-10)17(20)21/h1-9,18H,(H,16,19)/b15-9-. The molecule has 1 amide bonds. The molecule has 0 heterocycles. The molecule has 7 nitrogen and oxygen atoms in total. The smallest absolute Gasteiger partial charge is 0.271 e. The third kappa shape index (κ3) is 3.87. The number of hydrazone groups is 1. The molecule has 0 aliphatic rings. The highest BCUT2D eigenvalue weighted by atomic mass is 16.6. The fourth-order valence-corrected chi connectivity index (χ4v) is 1.56. The minimum atomic E-state index is -0.508. The normalized spacial score (nSPS) is 10.5. The van der Waals surface area contributed by atoms with Crippen LogP contribution in [0.1, 0.15) is 15.9 Å². The molecular formula is C14H11N3O4. The Hall–Kier alpha value is -3.22. The van der Waals surface area contributed by atoms with E-state index in [1.165, 1.54) is 48.7 Å². The Labute approximate surface area is 119 Å². The van der Waals surface area contributed by atoms with Crippen LogP contribution in [-0.2, 0) is 0 Å². The quantitative estimate of drug-likeness (QED) is 0.509. The maximum absolute atomic E-state index is 11.7. The van der Waals surface area contributed by atoms with Gasteiger partial charge in [0.25, 0.3) is 11.6 Å². The monoisotopic (exact) mass is 285 g/mol. The van der Waals surface area contributed by atoms with Crippen LogP contribution < -0.4 is 5.43 Å². The van der Waals surface area contributed by atoms with Crippen LogP contribution in [0.2, 0.25) is 0 Å². The number of benzene rings is 2. The maximum Gasteiger partial charge on any atom is 0.271 e. The zero-order chi connectivity index (χ0) is 15.2. The Morgan fingerprint density at radius 3 is 2.62 bits per heavy atom. The largest absolute Gasteiger partial charge is 0.508 e. The second-order valence-electron chi connectivity index (χ2n) is 4.10.